The maximum absolute atomic E-state index is 12.1. The number of amides is 1. The minimum absolute atomic E-state index is 0.0639. The summed E-state index contributed by atoms with van der Waals surface area (Å²) in [6.45, 7) is 2.61. The van der Waals surface area contributed by atoms with Crippen molar-refractivity contribution in [2.24, 2.45) is 5.92 Å². The highest BCUT2D eigenvalue weighted by Crippen LogP contribution is 2.19. The largest absolute Gasteiger partial charge is 0.481 e. The molecule has 1 rings (SSSR count). The molecule has 1 fully saturated rings. The molecule has 0 bridgehead atoms. The SMILES string of the molecule is CC(CCCC(=O)O)NC(=O)C1CCN(S(C)(=O)=O)CC1. The third kappa shape index (κ3) is 6.43. The average Bonchev–Trinajstić information content (AvgIpc) is 2.37. The quantitative estimate of drug-likeness (QED) is 0.707. The Bertz CT molecular complexity index is 469. The van der Waals surface area contributed by atoms with Gasteiger partial charge in [-0.15, -0.1) is 0 Å². The number of rotatable bonds is 7. The molecule has 0 aliphatic carbocycles. The number of nitrogens with zero attached hydrogens (tertiary/aromatic N) is 1. The molecule has 8 heteroatoms. The predicted molar refractivity (Wildman–Crippen MR) is 78.2 cm³/mol. The molecule has 122 valence electrons. The van der Waals surface area contributed by atoms with Crippen LogP contribution in [0.15, 0.2) is 0 Å². The standard InChI is InChI=1S/C13H24N2O5S/c1-10(4-3-5-12(16)17)14-13(18)11-6-8-15(9-7-11)21(2,19)20/h10-11H,3-9H2,1-2H3,(H,14,18)(H,16,17). The van der Waals surface area contributed by atoms with E-state index in [0.29, 0.717) is 38.8 Å². The summed E-state index contributed by atoms with van der Waals surface area (Å²) >= 11 is 0. The van der Waals surface area contributed by atoms with Crippen molar-refractivity contribution in [3.05, 3.63) is 0 Å². The Labute approximate surface area is 125 Å². The zero-order valence-electron chi connectivity index (χ0n) is 12.5. The Kier molecular flexibility index (Phi) is 6.60. The number of carbonyl (C=O) groups excluding carboxylic acids is 1. The van der Waals surface area contributed by atoms with E-state index < -0.39 is 16.0 Å². The lowest BCUT2D eigenvalue weighted by Crippen LogP contribution is -2.44. The van der Waals surface area contributed by atoms with Crippen molar-refractivity contribution in [3.8, 4) is 0 Å². The van der Waals surface area contributed by atoms with E-state index in [1.165, 1.54) is 10.6 Å². The Morgan fingerprint density at radius 1 is 1.33 bits per heavy atom. The monoisotopic (exact) mass is 320 g/mol. The second-order valence-electron chi connectivity index (χ2n) is 5.63. The van der Waals surface area contributed by atoms with Crippen LogP contribution in [0.5, 0.6) is 0 Å². The number of hydrogen-bond donors (Lipinski definition) is 2. The number of carboxylic acid groups (broad SMARTS) is 1. The minimum atomic E-state index is -3.17. The molecule has 1 saturated heterocycles. The van der Waals surface area contributed by atoms with E-state index >= 15 is 0 Å². The van der Waals surface area contributed by atoms with E-state index in [9.17, 15) is 18.0 Å². The smallest absolute Gasteiger partial charge is 0.303 e. The fourth-order valence-electron chi connectivity index (χ4n) is 2.44. The number of nitrogens with one attached hydrogen (secondary N) is 1. The van der Waals surface area contributed by atoms with Crippen LogP contribution in [0.4, 0.5) is 0 Å². The van der Waals surface area contributed by atoms with Crippen LogP contribution in [0, 0.1) is 5.92 Å². The molecule has 1 aliphatic rings. The zero-order valence-corrected chi connectivity index (χ0v) is 13.4. The van der Waals surface area contributed by atoms with Crippen molar-refractivity contribution in [2.75, 3.05) is 19.3 Å². The molecule has 1 amide bonds. The van der Waals surface area contributed by atoms with Gasteiger partial charge in [-0.3, -0.25) is 9.59 Å². The lowest BCUT2D eigenvalue weighted by atomic mass is 9.96. The molecule has 0 aromatic rings. The summed E-state index contributed by atoms with van der Waals surface area (Å²) < 4.78 is 24.2. The van der Waals surface area contributed by atoms with Gasteiger partial charge in [-0.2, -0.15) is 0 Å². The highest BCUT2D eigenvalue weighted by molar-refractivity contribution is 7.88. The minimum Gasteiger partial charge on any atom is -0.481 e. The molecule has 1 unspecified atom stereocenters. The average molecular weight is 320 g/mol. The van der Waals surface area contributed by atoms with E-state index in [1.807, 2.05) is 6.92 Å². The maximum Gasteiger partial charge on any atom is 0.303 e. The van der Waals surface area contributed by atoms with E-state index in [0.717, 1.165) is 0 Å². The second-order valence-corrected chi connectivity index (χ2v) is 7.61. The number of piperidine rings is 1. The molecule has 0 aromatic heterocycles. The van der Waals surface area contributed by atoms with Gasteiger partial charge < -0.3 is 10.4 Å². The first kappa shape index (κ1) is 17.9. The lowest BCUT2D eigenvalue weighted by Gasteiger charge is -2.30. The molecule has 0 spiro atoms. The van der Waals surface area contributed by atoms with Gasteiger partial charge in [-0.1, -0.05) is 0 Å². The normalized spacial score (nSPS) is 19.1. The van der Waals surface area contributed by atoms with Gasteiger partial charge in [0.2, 0.25) is 15.9 Å². The Hall–Kier alpha value is -1.15. The van der Waals surface area contributed by atoms with Crippen LogP contribution in [0.2, 0.25) is 0 Å². The Morgan fingerprint density at radius 2 is 1.90 bits per heavy atom. The third-order valence-corrected chi connectivity index (χ3v) is 5.01. The molecular formula is C13H24N2O5S. The van der Waals surface area contributed by atoms with Gasteiger partial charge in [0.25, 0.3) is 0 Å². The van der Waals surface area contributed by atoms with Crippen LogP contribution in [-0.2, 0) is 19.6 Å². The van der Waals surface area contributed by atoms with Crippen LogP contribution in [0.1, 0.15) is 39.0 Å². The van der Waals surface area contributed by atoms with Crippen LogP contribution in [0.25, 0.3) is 0 Å². The van der Waals surface area contributed by atoms with Gasteiger partial charge in [0.15, 0.2) is 0 Å². The maximum atomic E-state index is 12.1. The predicted octanol–water partition coefficient (Wildman–Crippen LogP) is 0.418. The van der Waals surface area contributed by atoms with Crippen molar-refractivity contribution in [1.82, 2.24) is 9.62 Å². The lowest BCUT2D eigenvalue weighted by molar-refractivity contribution is -0.137. The van der Waals surface area contributed by atoms with E-state index in [1.54, 1.807) is 0 Å². The summed E-state index contributed by atoms with van der Waals surface area (Å²) in [6.07, 6.45) is 3.50. The van der Waals surface area contributed by atoms with E-state index in [2.05, 4.69) is 5.32 Å². The van der Waals surface area contributed by atoms with Gasteiger partial charge in [0.1, 0.15) is 0 Å². The van der Waals surface area contributed by atoms with Crippen molar-refractivity contribution >= 4 is 21.9 Å². The third-order valence-electron chi connectivity index (χ3n) is 3.71. The summed E-state index contributed by atoms with van der Waals surface area (Å²) in [5, 5.41) is 11.4. The number of hydrogen-bond acceptors (Lipinski definition) is 4. The van der Waals surface area contributed by atoms with Gasteiger partial charge in [-0.25, -0.2) is 12.7 Å². The molecular weight excluding hydrogens is 296 g/mol. The van der Waals surface area contributed by atoms with Crippen LogP contribution in [0.3, 0.4) is 0 Å². The molecule has 0 aromatic carbocycles. The van der Waals surface area contributed by atoms with Gasteiger partial charge in [0, 0.05) is 31.5 Å². The van der Waals surface area contributed by atoms with Crippen molar-refractivity contribution < 1.29 is 23.1 Å². The van der Waals surface area contributed by atoms with E-state index in [4.69, 9.17) is 5.11 Å². The van der Waals surface area contributed by atoms with Crippen molar-refractivity contribution in [1.29, 1.82) is 0 Å². The summed E-state index contributed by atoms with van der Waals surface area (Å²) in [6, 6.07) is -0.0650. The van der Waals surface area contributed by atoms with Crippen LogP contribution >= 0.6 is 0 Å². The summed E-state index contributed by atoms with van der Waals surface area (Å²) in [5.41, 5.74) is 0. The first-order valence-corrected chi connectivity index (χ1v) is 9.02. The summed E-state index contributed by atoms with van der Waals surface area (Å²) in [4.78, 5) is 22.5. The number of carboxylic acids is 1. The molecule has 2 N–H and O–H groups in total. The Balaban J connectivity index is 2.32. The molecule has 0 saturated carbocycles. The Morgan fingerprint density at radius 3 is 2.38 bits per heavy atom. The number of carbonyl (C=O) groups is 2. The summed E-state index contributed by atoms with van der Waals surface area (Å²) in [7, 11) is -3.17. The summed E-state index contributed by atoms with van der Waals surface area (Å²) in [5.74, 6) is -1.06. The molecule has 1 aliphatic heterocycles. The first-order chi connectivity index (χ1) is 9.70. The van der Waals surface area contributed by atoms with E-state index in [-0.39, 0.29) is 24.3 Å². The molecule has 0 radical (unpaired) electrons. The van der Waals surface area contributed by atoms with Gasteiger partial charge in [-0.05, 0) is 32.6 Å². The fourth-order valence-corrected chi connectivity index (χ4v) is 3.32. The highest BCUT2D eigenvalue weighted by atomic mass is 32.2. The second kappa shape index (κ2) is 7.74. The van der Waals surface area contributed by atoms with Crippen LogP contribution in [-0.4, -0.2) is 55.1 Å². The molecule has 21 heavy (non-hydrogen) atoms. The van der Waals surface area contributed by atoms with Gasteiger partial charge in [0.05, 0.1) is 6.26 Å². The molecule has 7 nitrogen and oxygen atoms in total. The zero-order chi connectivity index (χ0) is 16.0. The molecule has 1 heterocycles. The highest BCUT2D eigenvalue weighted by Gasteiger charge is 2.29. The van der Waals surface area contributed by atoms with Crippen LogP contribution < -0.4 is 5.32 Å². The molecule has 1 atom stereocenters. The van der Waals surface area contributed by atoms with Crippen molar-refractivity contribution in [3.63, 3.8) is 0 Å². The number of aliphatic carboxylic acids is 1. The fraction of sp³-hybridized carbons (Fsp3) is 0.846. The first-order valence-electron chi connectivity index (χ1n) is 7.17. The topological polar surface area (TPSA) is 104 Å². The van der Waals surface area contributed by atoms with Crippen molar-refractivity contribution in [2.45, 2.75) is 45.1 Å². The number of sulfonamides is 1. The van der Waals surface area contributed by atoms with Gasteiger partial charge >= 0.3 is 5.97 Å².